The molecule has 1 aliphatic carbocycles. The molecule has 1 heterocycles. The van der Waals surface area contributed by atoms with Gasteiger partial charge in [0.1, 0.15) is 5.56 Å². The van der Waals surface area contributed by atoms with E-state index in [0.717, 1.165) is 0 Å². The molecule has 0 fully saturated rings. The molecule has 1 amide bonds. The number of carbonyl (C=O) groups excluding carboxylic acids is 2. The fourth-order valence-corrected chi connectivity index (χ4v) is 3.15. The Balaban J connectivity index is 2.25. The summed E-state index contributed by atoms with van der Waals surface area (Å²) in [5.41, 5.74) is 1.26. The van der Waals surface area contributed by atoms with Crippen molar-refractivity contribution in [3.8, 4) is 5.69 Å². The second-order valence-electron chi connectivity index (χ2n) is 6.12. The van der Waals surface area contributed by atoms with Crippen molar-refractivity contribution in [2.45, 2.75) is 19.3 Å². The second-order valence-corrected chi connectivity index (χ2v) is 6.12. The molecule has 0 spiro atoms. The van der Waals surface area contributed by atoms with Gasteiger partial charge in [0.25, 0.3) is 11.5 Å². The molecule has 6 nitrogen and oxygen atoms in total. The number of pyridine rings is 1. The fraction of sp³-hybridized carbons (Fsp3) is 0.316. The van der Waals surface area contributed by atoms with Crippen molar-refractivity contribution in [2.24, 2.45) is 0 Å². The van der Waals surface area contributed by atoms with Crippen LogP contribution in [0.15, 0.2) is 41.2 Å². The molecule has 2 aromatic rings. The van der Waals surface area contributed by atoms with Crippen LogP contribution >= 0.6 is 0 Å². The topological polar surface area (TPSA) is 79.6 Å². The molecule has 0 saturated heterocycles. The zero-order valence-corrected chi connectivity index (χ0v) is 14.1. The minimum atomic E-state index is -0.495. The van der Waals surface area contributed by atoms with Crippen molar-refractivity contribution in [1.29, 1.82) is 0 Å². The van der Waals surface area contributed by atoms with Gasteiger partial charge in [0, 0.05) is 37.0 Å². The van der Waals surface area contributed by atoms with E-state index in [2.05, 4.69) is 0 Å². The summed E-state index contributed by atoms with van der Waals surface area (Å²) < 4.78 is 1.48. The SMILES string of the molecule is CN(CCO)C(=O)c1cc2c(n(-c3ccccc3)c1=O)CCCC2=O. The van der Waals surface area contributed by atoms with E-state index in [0.29, 0.717) is 36.2 Å². The van der Waals surface area contributed by atoms with Crippen LogP contribution in [0.5, 0.6) is 0 Å². The third-order valence-electron chi connectivity index (χ3n) is 4.45. The molecule has 0 bridgehead atoms. The molecule has 25 heavy (non-hydrogen) atoms. The summed E-state index contributed by atoms with van der Waals surface area (Å²) in [4.78, 5) is 39.3. The number of hydrogen-bond acceptors (Lipinski definition) is 4. The van der Waals surface area contributed by atoms with Gasteiger partial charge >= 0.3 is 0 Å². The summed E-state index contributed by atoms with van der Waals surface area (Å²) in [5, 5.41) is 9.04. The molecule has 130 valence electrons. The summed E-state index contributed by atoms with van der Waals surface area (Å²) in [6.45, 7) is -0.0758. The van der Waals surface area contributed by atoms with Gasteiger partial charge in [-0.05, 0) is 31.0 Å². The number of aliphatic hydroxyl groups excluding tert-OH is 1. The molecule has 1 aliphatic rings. The van der Waals surface area contributed by atoms with Gasteiger partial charge in [0.15, 0.2) is 5.78 Å². The number of ketones is 1. The lowest BCUT2D eigenvalue weighted by atomic mass is 9.92. The number of fused-ring (bicyclic) bond motifs is 1. The maximum Gasteiger partial charge on any atom is 0.268 e. The van der Waals surface area contributed by atoms with Crippen LogP contribution in [-0.2, 0) is 6.42 Å². The Labute approximate surface area is 145 Å². The van der Waals surface area contributed by atoms with Gasteiger partial charge in [-0.15, -0.1) is 0 Å². The van der Waals surface area contributed by atoms with E-state index in [9.17, 15) is 14.4 Å². The van der Waals surface area contributed by atoms with E-state index < -0.39 is 11.5 Å². The number of Topliss-reactive ketones (excluding diaryl/α,β-unsaturated/α-hetero) is 1. The average molecular weight is 340 g/mol. The zero-order chi connectivity index (χ0) is 18.0. The fourth-order valence-electron chi connectivity index (χ4n) is 3.15. The Morgan fingerprint density at radius 2 is 1.92 bits per heavy atom. The summed E-state index contributed by atoms with van der Waals surface area (Å²) >= 11 is 0. The van der Waals surface area contributed by atoms with Crippen LogP contribution in [0.4, 0.5) is 0 Å². The van der Waals surface area contributed by atoms with Gasteiger partial charge in [-0.25, -0.2) is 0 Å². The number of nitrogens with zero attached hydrogens (tertiary/aromatic N) is 2. The molecule has 0 atom stereocenters. The Morgan fingerprint density at radius 1 is 1.20 bits per heavy atom. The quantitative estimate of drug-likeness (QED) is 0.913. The summed E-state index contributed by atoms with van der Waals surface area (Å²) in [6.07, 6.45) is 1.72. The van der Waals surface area contributed by atoms with Crippen LogP contribution in [0.1, 0.15) is 39.3 Å². The minimum Gasteiger partial charge on any atom is -0.395 e. The first-order valence-corrected chi connectivity index (χ1v) is 8.28. The van der Waals surface area contributed by atoms with E-state index in [1.807, 2.05) is 18.2 Å². The molecule has 0 aliphatic heterocycles. The summed E-state index contributed by atoms with van der Waals surface area (Å²) in [7, 11) is 1.52. The van der Waals surface area contributed by atoms with E-state index in [1.54, 1.807) is 12.1 Å². The standard InChI is InChI=1S/C19H20N2O4/c1-20(10-11-22)18(24)15-12-14-16(8-5-9-17(14)23)21(19(15)25)13-6-3-2-4-7-13/h2-4,6-7,12,22H,5,8-11H2,1H3. The predicted octanol–water partition coefficient (Wildman–Crippen LogP) is 1.42. The van der Waals surface area contributed by atoms with Gasteiger partial charge in [0.05, 0.1) is 6.61 Å². The third kappa shape index (κ3) is 3.13. The Hall–Kier alpha value is -2.73. The number of carbonyl (C=O) groups is 2. The number of para-hydroxylation sites is 1. The lowest BCUT2D eigenvalue weighted by Gasteiger charge is -2.23. The Bertz CT molecular complexity index is 871. The van der Waals surface area contributed by atoms with Crippen molar-refractivity contribution in [1.82, 2.24) is 9.47 Å². The van der Waals surface area contributed by atoms with Gasteiger partial charge < -0.3 is 10.0 Å². The van der Waals surface area contributed by atoms with Crippen molar-refractivity contribution >= 4 is 11.7 Å². The van der Waals surface area contributed by atoms with Crippen LogP contribution in [0.2, 0.25) is 0 Å². The van der Waals surface area contributed by atoms with Crippen LogP contribution in [0, 0.1) is 0 Å². The lowest BCUT2D eigenvalue weighted by Crippen LogP contribution is -2.37. The monoisotopic (exact) mass is 340 g/mol. The molecular weight excluding hydrogens is 320 g/mol. The first-order chi connectivity index (χ1) is 12.0. The number of hydrogen-bond donors (Lipinski definition) is 1. The maximum absolute atomic E-state index is 13.0. The van der Waals surface area contributed by atoms with Crippen molar-refractivity contribution in [3.05, 3.63) is 63.6 Å². The van der Waals surface area contributed by atoms with Crippen LogP contribution < -0.4 is 5.56 Å². The normalized spacial score (nSPS) is 13.4. The predicted molar refractivity (Wildman–Crippen MR) is 93.4 cm³/mol. The number of aliphatic hydroxyl groups is 1. The molecule has 1 aromatic heterocycles. The van der Waals surface area contributed by atoms with E-state index in [-0.39, 0.29) is 24.5 Å². The van der Waals surface area contributed by atoms with Gasteiger partial charge in [-0.3, -0.25) is 19.0 Å². The molecule has 0 unspecified atom stereocenters. The number of rotatable bonds is 4. The maximum atomic E-state index is 13.0. The van der Waals surface area contributed by atoms with Crippen LogP contribution in [0.25, 0.3) is 5.69 Å². The van der Waals surface area contributed by atoms with E-state index in [1.165, 1.54) is 22.6 Å². The first-order valence-electron chi connectivity index (χ1n) is 8.28. The highest BCUT2D eigenvalue weighted by atomic mass is 16.3. The largest absolute Gasteiger partial charge is 0.395 e. The molecule has 0 radical (unpaired) electrons. The first kappa shape index (κ1) is 17.1. The lowest BCUT2D eigenvalue weighted by molar-refractivity contribution is 0.0764. The molecule has 1 aromatic carbocycles. The minimum absolute atomic E-state index is 0.0474. The molecule has 1 N–H and O–H groups in total. The second kappa shape index (κ2) is 7.03. The van der Waals surface area contributed by atoms with Crippen LogP contribution in [-0.4, -0.2) is 46.5 Å². The highest BCUT2D eigenvalue weighted by Gasteiger charge is 2.27. The highest BCUT2D eigenvalue weighted by molar-refractivity contribution is 6.01. The van der Waals surface area contributed by atoms with E-state index in [4.69, 9.17) is 5.11 Å². The number of likely N-dealkylation sites (N-methyl/N-ethyl adjacent to an activating group) is 1. The number of aromatic nitrogens is 1. The van der Waals surface area contributed by atoms with Gasteiger partial charge in [-0.1, -0.05) is 18.2 Å². The third-order valence-corrected chi connectivity index (χ3v) is 4.45. The molecule has 3 rings (SSSR count). The highest BCUT2D eigenvalue weighted by Crippen LogP contribution is 2.23. The van der Waals surface area contributed by atoms with Gasteiger partial charge in [0.2, 0.25) is 0 Å². The van der Waals surface area contributed by atoms with Crippen molar-refractivity contribution < 1.29 is 14.7 Å². The zero-order valence-electron chi connectivity index (χ0n) is 14.1. The number of benzene rings is 1. The average Bonchev–Trinajstić information content (AvgIpc) is 2.62. The van der Waals surface area contributed by atoms with Crippen molar-refractivity contribution in [2.75, 3.05) is 20.2 Å². The molecule has 0 saturated carbocycles. The summed E-state index contributed by atoms with van der Waals surface area (Å²) in [5.74, 6) is -0.547. The van der Waals surface area contributed by atoms with E-state index >= 15 is 0 Å². The van der Waals surface area contributed by atoms with Crippen LogP contribution in [0.3, 0.4) is 0 Å². The Kier molecular flexibility index (Phi) is 4.81. The van der Waals surface area contributed by atoms with Crippen molar-refractivity contribution in [3.63, 3.8) is 0 Å². The summed E-state index contributed by atoms with van der Waals surface area (Å²) in [6, 6.07) is 10.5. The molecule has 6 heteroatoms. The smallest absolute Gasteiger partial charge is 0.268 e. The number of amides is 1. The van der Waals surface area contributed by atoms with Gasteiger partial charge in [-0.2, -0.15) is 0 Å². The Morgan fingerprint density at radius 3 is 2.60 bits per heavy atom. The molecular formula is C19H20N2O4.